The van der Waals surface area contributed by atoms with Crippen molar-refractivity contribution in [3.05, 3.63) is 28.5 Å². The van der Waals surface area contributed by atoms with Gasteiger partial charge in [0.1, 0.15) is 0 Å². The number of aromatic nitrogens is 1. The van der Waals surface area contributed by atoms with Gasteiger partial charge in [-0.3, -0.25) is 4.98 Å². The molecule has 0 saturated heterocycles. The first-order chi connectivity index (χ1) is 9.22. The molecule has 1 aromatic heterocycles. The molecule has 1 unspecified atom stereocenters. The topological polar surface area (TPSA) is 24.9 Å². The molecule has 0 radical (unpaired) electrons. The average Bonchev–Trinajstić information content (AvgIpc) is 2.43. The Morgan fingerprint density at radius 3 is 2.74 bits per heavy atom. The normalized spacial score (nSPS) is 25.2. The number of halogens is 1. The van der Waals surface area contributed by atoms with Crippen LogP contribution in [0.25, 0.3) is 0 Å². The van der Waals surface area contributed by atoms with Crippen molar-refractivity contribution >= 4 is 15.9 Å². The molecular formula is C16H25BrN2. The van der Waals surface area contributed by atoms with Crippen LogP contribution in [0.2, 0.25) is 0 Å². The van der Waals surface area contributed by atoms with Crippen molar-refractivity contribution < 1.29 is 0 Å². The van der Waals surface area contributed by atoms with E-state index in [4.69, 9.17) is 0 Å². The van der Waals surface area contributed by atoms with Gasteiger partial charge in [0.05, 0.1) is 11.7 Å². The highest BCUT2D eigenvalue weighted by Gasteiger charge is 2.28. The molecular weight excluding hydrogens is 300 g/mol. The summed E-state index contributed by atoms with van der Waals surface area (Å²) < 4.78 is 1.14. The molecule has 2 rings (SSSR count). The second-order valence-corrected chi connectivity index (χ2v) is 6.68. The van der Waals surface area contributed by atoms with Crippen LogP contribution in [0.5, 0.6) is 0 Å². The third-order valence-electron chi connectivity index (χ3n) is 4.23. The summed E-state index contributed by atoms with van der Waals surface area (Å²) in [5.41, 5.74) is 1.19. The van der Waals surface area contributed by atoms with Gasteiger partial charge in [-0.05, 0) is 65.7 Å². The largest absolute Gasteiger partial charge is 0.308 e. The molecule has 1 heterocycles. The molecule has 1 atom stereocenters. The molecule has 0 aliphatic heterocycles. The Hall–Kier alpha value is -0.410. The average molecular weight is 325 g/mol. The second-order valence-electron chi connectivity index (χ2n) is 5.82. The van der Waals surface area contributed by atoms with Crippen molar-refractivity contribution in [3.63, 3.8) is 0 Å². The van der Waals surface area contributed by atoms with E-state index in [-0.39, 0.29) is 0 Å². The lowest BCUT2D eigenvalue weighted by atomic mass is 9.78. The van der Waals surface area contributed by atoms with Gasteiger partial charge in [-0.15, -0.1) is 0 Å². The number of nitrogens with one attached hydrogen (secondary N) is 1. The van der Waals surface area contributed by atoms with E-state index in [2.05, 4.69) is 46.1 Å². The van der Waals surface area contributed by atoms with E-state index < -0.39 is 0 Å². The van der Waals surface area contributed by atoms with Crippen molar-refractivity contribution in [2.45, 2.75) is 52.0 Å². The van der Waals surface area contributed by atoms with Gasteiger partial charge in [0.25, 0.3) is 0 Å². The first-order valence-corrected chi connectivity index (χ1v) is 8.35. The Kier molecular flexibility index (Phi) is 5.83. The lowest BCUT2D eigenvalue weighted by Crippen LogP contribution is -2.32. The molecule has 0 bridgehead atoms. The van der Waals surface area contributed by atoms with Gasteiger partial charge in [0, 0.05) is 10.7 Å². The number of hydrogen-bond donors (Lipinski definition) is 1. The minimum Gasteiger partial charge on any atom is -0.308 e. The van der Waals surface area contributed by atoms with Crippen molar-refractivity contribution in [1.82, 2.24) is 10.3 Å². The van der Waals surface area contributed by atoms with E-state index in [1.54, 1.807) is 0 Å². The van der Waals surface area contributed by atoms with Crippen molar-refractivity contribution in [3.8, 4) is 0 Å². The van der Waals surface area contributed by atoms with Gasteiger partial charge in [-0.25, -0.2) is 0 Å². The minimum atomic E-state index is 0.406. The molecule has 1 N–H and O–H groups in total. The Morgan fingerprint density at radius 2 is 2.11 bits per heavy atom. The third kappa shape index (κ3) is 4.03. The summed E-state index contributed by atoms with van der Waals surface area (Å²) in [6, 6.07) is 4.50. The summed E-state index contributed by atoms with van der Waals surface area (Å²) in [4.78, 5) is 4.62. The van der Waals surface area contributed by atoms with Gasteiger partial charge in [-0.1, -0.05) is 26.7 Å². The molecule has 1 saturated carbocycles. The van der Waals surface area contributed by atoms with E-state index in [1.165, 1.54) is 37.8 Å². The Labute approximate surface area is 125 Å². The van der Waals surface area contributed by atoms with Crippen LogP contribution < -0.4 is 5.32 Å². The summed E-state index contributed by atoms with van der Waals surface area (Å²) in [6.07, 6.45) is 8.45. The zero-order valence-electron chi connectivity index (χ0n) is 12.0. The molecule has 106 valence electrons. The maximum Gasteiger partial charge on any atom is 0.0717 e. The van der Waals surface area contributed by atoms with Crippen LogP contribution in [0, 0.1) is 11.8 Å². The monoisotopic (exact) mass is 324 g/mol. The highest BCUT2D eigenvalue weighted by atomic mass is 79.9. The predicted octanol–water partition coefficient (Wildman–Crippen LogP) is 4.71. The van der Waals surface area contributed by atoms with Crippen LogP contribution in [0.15, 0.2) is 22.8 Å². The highest BCUT2D eigenvalue weighted by molar-refractivity contribution is 9.10. The zero-order chi connectivity index (χ0) is 13.7. The van der Waals surface area contributed by atoms with E-state index >= 15 is 0 Å². The van der Waals surface area contributed by atoms with Crippen molar-refractivity contribution in [2.24, 2.45) is 11.8 Å². The molecule has 1 fully saturated rings. The molecule has 19 heavy (non-hydrogen) atoms. The first kappa shape index (κ1) is 15.0. The van der Waals surface area contributed by atoms with Crippen molar-refractivity contribution in [1.29, 1.82) is 0 Å². The fourth-order valence-corrected chi connectivity index (χ4v) is 3.53. The van der Waals surface area contributed by atoms with Gasteiger partial charge in [0.15, 0.2) is 0 Å². The summed E-state index contributed by atoms with van der Waals surface area (Å²) in [5, 5.41) is 3.72. The number of nitrogens with zero attached hydrogens (tertiary/aromatic N) is 1. The zero-order valence-corrected chi connectivity index (χ0v) is 13.6. The van der Waals surface area contributed by atoms with Gasteiger partial charge < -0.3 is 5.32 Å². The van der Waals surface area contributed by atoms with Gasteiger partial charge in [0.2, 0.25) is 0 Å². The number of pyridine rings is 1. The second kappa shape index (κ2) is 7.39. The number of hydrogen-bond acceptors (Lipinski definition) is 2. The molecule has 0 spiro atoms. The fraction of sp³-hybridized carbons (Fsp3) is 0.688. The molecule has 1 aliphatic rings. The van der Waals surface area contributed by atoms with Crippen LogP contribution in [-0.2, 0) is 0 Å². The van der Waals surface area contributed by atoms with Crippen LogP contribution >= 0.6 is 15.9 Å². The van der Waals surface area contributed by atoms with Crippen LogP contribution in [0.4, 0.5) is 0 Å². The highest BCUT2D eigenvalue weighted by Crippen LogP contribution is 2.37. The van der Waals surface area contributed by atoms with Crippen LogP contribution in [-0.4, -0.2) is 11.5 Å². The maximum atomic E-state index is 4.62. The van der Waals surface area contributed by atoms with E-state index in [1.807, 2.05) is 12.3 Å². The molecule has 0 aromatic carbocycles. The summed E-state index contributed by atoms with van der Waals surface area (Å²) in [6.45, 7) is 5.67. The lowest BCUT2D eigenvalue weighted by molar-refractivity contribution is 0.228. The molecule has 1 aliphatic carbocycles. The van der Waals surface area contributed by atoms with Gasteiger partial charge >= 0.3 is 0 Å². The summed E-state index contributed by atoms with van der Waals surface area (Å²) in [5.74, 6) is 1.63. The smallest absolute Gasteiger partial charge is 0.0717 e. The Bertz CT molecular complexity index is 386. The van der Waals surface area contributed by atoms with Crippen LogP contribution in [0.3, 0.4) is 0 Å². The van der Waals surface area contributed by atoms with E-state index in [0.717, 1.165) is 22.9 Å². The molecule has 1 aromatic rings. The van der Waals surface area contributed by atoms with Gasteiger partial charge in [-0.2, -0.15) is 0 Å². The minimum absolute atomic E-state index is 0.406. The first-order valence-electron chi connectivity index (χ1n) is 7.56. The summed E-state index contributed by atoms with van der Waals surface area (Å²) in [7, 11) is 0. The number of rotatable bonds is 5. The quantitative estimate of drug-likeness (QED) is 0.848. The maximum absolute atomic E-state index is 4.62. The SMILES string of the molecule is CCCNC(c1ncccc1Br)C1CCC(C)CC1. The molecule has 0 amide bonds. The molecule has 3 heteroatoms. The molecule has 2 nitrogen and oxygen atoms in total. The Morgan fingerprint density at radius 1 is 1.37 bits per heavy atom. The third-order valence-corrected chi connectivity index (χ3v) is 4.90. The summed E-state index contributed by atoms with van der Waals surface area (Å²) >= 11 is 3.66. The fourth-order valence-electron chi connectivity index (χ4n) is 3.03. The lowest BCUT2D eigenvalue weighted by Gasteiger charge is -2.33. The Balaban J connectivity index is 2.13. The van der Waals surface area contributed by atoms with Crippen molar-refractivity contribution in [2.75, 3.05) is 6.54 Å². The van der Waals surface area contributed by atoms with E-state index in [0.29, 0.717) is 6.04 Å². The predicted molar refractivity (Wildman–Crippen MR) is 84.1 cm³/mol. The standard InChI is InChI=1S/C16H25BrN2/c1-3-10-18-15(13-8-6-12(2)7-9-13)16-14(17)5-4-11-19-16/h4-5,11-13,15,18H,3,6-10H2,1-2H3. The van der Waals surface area contributed by atoms with Crippen LogP contribution in [0.1, 0.15) is 57.7 Å². The van der Waals surface area contributed by atoms with E-state index in [9.17, 15) is 0 Å².